The third-order valence-corrected chi connectivity index (χ3v) is 2.71. The molecular formula is C12H7ClO4. The van der Waals surface area contributed by atoms with Crippen LogP contribution in [0.25, 0.3) is 10.8 Å². The zero-order valence-corrected chi connectivity index (χ0v) is 9.23. The van der Waals surface area contributed by atoms with Crippen molar-refractivity contribution < 1.29 is 19.8 Å². The van der Waals surface area contributed by atoms with E-state index in [9.17, 15) is 9.59 Å². The van der Waals surface area contributed by atoms with Gasteiger partial charge in [0.15, 0.2) is 0 Å². The predicted octanol–water partition coefficient (Wildman–Crippen LogP) is 2.89. The molecule has 0 spiro atoms. The lowest BCUT2D eigenvalue weighted by Crippen LogP contribution is -1.98. The largest absolute Gasteiger partial charge is 0.478 e. The van der Waals surface area contributed by atoms with Crippen LogP contribution in [-0.2, 0) is 0 Å². The van der Waals surface area contributed by atoms with E-state index in [2.05, 4.69) is 0 Å². The van der Waals surface area contributed by atoms with Crippen molar-refractivity contribution >= 4 is 34.3 Å². The van der Waals surface area contributed by atoms with Gasteiger partial charge in [0.2, 0.25) is 0 Å². The number of carbonyl (C=O) groups is 2. The maximum Gasteiger partial charge on any atom is 0.335 e. The van der Waals surface area contributed by atoms with Gasteiger partial charge in [-0.2, -0.15) is 0 Å². The van der Waals surface area contributed by atoms with Crippen LogP contribution in [0.2, 0.25) is 5.02 Å². The molecule has 0 atom stereocenters. The normalized spacial score (nSPS) is 10.4. The quantitative estimate of drug-likeness (QED) is 0.859. The van der Waals surface area contributed by atoms with Crippen LogP contribution in [0.4, 0.5) is 0 Å². The molecule has 0 saturated carbocycles. The van der Waals surface area contributed by atoms with Crippen LogP contribution in [0.5, 0.6) is 0 Å². The Hall–Kier alpha value is -2.07. The van der Waals surface area contributed by atoms with E-state index >= 15 is 0 Å². The molecule has 0 fully saturated rings. The van der Waals surface area contributed by atoms with Crippen molar-refractivity contribution in [2.24, 2.45) is 0 Å². The highest BCUT2D eigenvalue weighted by atomic mass is 35.5. The number of carboxylic acids is 2. The summed E-state index contributed by atoms with van der Waals surface area (Å²) >= 11 is 5.93. The summed E-state index contributed by atoms with van der Waals surface area (Å²) in [7, 11) is 0. The average molecular weight is 251 g/mol. The van der Waals surface area contributed by atoms with Crippen molar-refractivity contribution in [3.63, 3.8) is 0 Å². The highest BCUT2D eigenvalue weighted by molar-refractivity contribution is 6.36. The summed E-state index contributed by atoms with van der Waals surface area (Å²) in [5, 5.41) is 19.1. The number of rotatable bonds is 2. The Kier molecular flexibility index (Phi) is 2.73. The molecule has 0 aliphatic rings. The van der Waals surface area contributed by atoms with Crippen molar-refractivity contribution in [1.82, 2.24) is 0 Å². The number of aromatic carboxylic acids is 2. The molecule has 2 aromatic rings. The molecule has 0 radical (unpaired) electrons. The Morgan fingerprint density at radius 2 is 1.53 bits per heavy atom. The van der Waals surface area contributed by atoms with Crippen LogP contribution in [0.3, 0.4) is 0 Å². The van der Waals surface area contributed by atoms with Crippen LogP contribution in [0.1, 0.15) is 20.7 Å². The fourth-order valence-electron chi connectivity index (χ4n) is 1.58. The lowest BCUT2D eigenvalue weighted by molar-refractivity contribution is 0.0687. The van der Waals surface area contributed by atoms with Gasteiger partial charge in [-0.15, -0.1) is 0 Å². The topological polar surface area (TPSA) is 74.6 Å². The van der Waals surface area contributed by atoms with E-state index in [0.717, 1.165) is 0 Å². The third kappa shape index (κ3) is 2.07. The fraction of sp³-hybridized carbons (Fsp3) is 0. The first-order chi connectivity index (χ1) is 7.99. The molecule has 5 heteroatoms. The van der Waals surface area contributed by atoms with Crippen LogP contribution in [-0.4, -0.2) is 22.2 Å². The molecular weight excluding hydrogens is 244 g/mol. The van der Waals surface area contributed by atoms with E-state index in [1.807, 2.05) is 0 Å². The first-order valence-electron chi connectivity index (χ1n) is 4.69. The lowest BCUT2D eigenvalue weighted by atomic mass is 10.0. The first kappa shape index (κ1) is 11.4. The second-order valence-electron chi connectivity index (χ2n) is 3.50. The fourth-order valence-corrected chi connectivity index (χ4v) is 1.87. The third-order valence-electron chi connectivity index (χ3n) is 2.40. The van der Waals surface area contributed by atoms with Crippen LogP contribution < -0.4 is 0 Å². The first-order valence-corrected chi connectivity index (χ1v) is 5.07. The molecule has 0 bridgehead atoms. The molecule has 4 nitrogen and oxygen atoms in total. The summed E-state index contributed by atoms with van der Waals surface area (Å²) in [5.41, 5.74) is 0.126. The zero-order chi connectivity index (χ0) is 12.6. The number of benzene rings is 2. The molecule has 0 unspecified atom stereocenters. The zero-order valence-electron chi connectivity index (χ0n) is 8.48. The van der Waals surface area contributed by atoms with Gasteiger partial charge < -0.3 is 10.2 Å². The minimum atomic E-state index is -1.10. The highest BCUT2D eigenvalue weighted by Crippen LogP contribution is 2.26. The number of carboxylic acid groups (broad SMARTS) is 2. The van der Waals surface area contributed by atoms with Crippen molar-refractivity contribution in [2.75, 3.05) is 0 Å². The summed E-state index contributed by atoms with van der Waals surface area (Å²) in [4.78, 5) is 21.6. The van der Waals surface area contributed by atoms with Crippen molar-refractivity contribution in [1.29, 1.82) is 0 Å². The number of halogens is 1. The molecule has 2 rings (SSSR count). The van der Waals surface area contributed by atoms with Gasteiger partial charge in [0.1, 0.15) is 0 Å². The van der Waals surface area contributed by atoms with Gasteiger partial charge in [0, 0.05) is 10.4 Å². The molecule has 0 aliphatic carbocycles. The predicted molar refractivity (Wildman–Crippen MR) is 62.9 cm³/mol. The minimum Gasteiger partial charge on any atom is -0.478 e. The maximum absolute atomic E-state index is 10.8. The van der Waals surface area contributed by atoms with Crippen molar-refractivity contribution in [3.05, 3.63) is 46.5 Å². The van der Waals surface area contributed by atoms with Gasteiger partial charge in [0.05, 0.1) is 11.1 Å². The number of hydrogen-bond donors (Lipinski definition) is 2. The van der Waals surface area contributed by atoms with Gasteiger partial charge in [0.25, 0.3) is 0 Å². The monoisotopic (exact) mass is 250 g/mol. The smallest absolute Gasteiger partial charge is 0.335 e. The van der Waals surface area contributed by atoms with Crippen LogP contribution in [0.15, 0.2) is 30.3 Å². The lowest BCUT2D eigenvalue weighted by Gasteiger charge is -2.04. The van der Waals surface area contributed by atoms with E-state index < -0.39 is 11.9 Å². The Bertz CT molecular complexity index is 628. The SMILES string of the molecule is O=C(O)c1ccc2c(Cl)cc(C(=O)O)cc2c1. The number of hydrogen-bond acceptors (Lipinski definition) is 2. The summed E-state index contributed by atoms with van der Waals surface area (Å²) in [6, 6.07) is 7.13. The summed E-state index contributed by atoms with van der Waals surface area (Å²) in [6.45, 7) is 0. The molecule has 2 N–H and O–H groups in total. The van der Waals surface area contributed by atoms with Gasteiger partial charge >= 0.3 is 11.9 Å². The molecule has 86 valence electrons. The van der Waals surface area contributed by atoms with E-state index in [1.165, 1.54) is 24.3 Å². The van der Waals surface area contributed by atoms with Gasteiger partial charge in [-0.3, -0.25) is 0 Å². The maximum atomic E-state index is 10.8. The van der Waals surface area contributed by atoms with Crippen molar-refractivity contribution in [2.45, 2.75) is 0 Å². The van der Waals surface area contributed by atoms with E-state index in [0.29, 0.717) is 10.8 Å². The molecule has 0 aromatic heterocycles. The average Bonchev–Trinajstić information content (AvgIpc) is 2.27. The Labute approximate surface area is 101 Å². The van der Waals surface area contributed by atoms with Gasteiger partial charge in [-0.25, -0.2) is 9.59 Å². The molecule has 0 aliphatic heterocycles. The van der Waals surface area contributed by atoms with E-state index in [1.54, 1.807) is 6.07 Å². The van der Waals surface area contributed by atoms with E-state index in [-0.39, 0.29) is 16.1 Å². The second-order valence-corrected chi connectivity index (χ2v) is 3.91. The summed E-state index contributed by atoms with van der Waals surface area (Å²) in [6.07, 6.45) is 0. The molecule has 2 aromatic carbocycles. The van der Waals surface area contributed by atoms with Crippen LogP contribution >= 0.6 is 11.6 Å². The molecule has 17 heavy (non-hydrogen) atoms. The standard InChI is InChI=1S/C12H7ClO4/c13-10-5-8(12(16)17)4-7-3-6(11(14)15)1-2-9(7)10/h1-5H,(H,14,15)(H,16,17). The minimum absolute atomic E-state index is 0.0324. The highest BCUT2D eigenvalue weighted by Gasteiger charge is 2.10. The Morgan fingerprint density at radius 3 is 2.12 bits per heavy atom. The van der Waals surface area contributed by atoms with Gasteiger partial charge in [-0.05, 0) is 29.7 Å². The Balaban J connectivity index is 2.74. The summed E-state index contributed by atoms with van der Waals surface area (Å²) in [5.74, 6) is -2.17. The summed E-state index contributed by atoms with van der Waals surface area (Å²) < 4.78 is 0. The number of fused-ring (bicyclic) bond motifs is 1. The van der Waals surface area contributed by atoms with Gasteiger partial charge in [-0.1, -0.05) is 17.7 Å². The van der Waals surface area contributed by atoms with Crippen molar-refractivity contribution in [3.8, 4) is 0 Å². The molecule has 0 heterocycles. The Morgan fingerprint density at radius 1 is 0.941 bits per heavy atom. The van der Waals surface area contributed by atoms with Crippen LogP contribution in [0, 0.1) is 0 Å². The van der Waals surface area contributed by atoms with E-state index in [4.69, 9.17) is 21.8 Å². The second kappa shape index (κ2) is 4.07. The molecule has 0 saturated heterocycles. The molecule has 0 amide bonds.